The van der Waals surface area contributed by atoms with Crippen LogP contribution in [0.2, 0.25) is 0 Å². The number of nitrogens with two attached hydrogens (primary N) is 3. The van der Waals surface area contributed by atoms with Crippen LogP contribution in [0.4, 0.5) is 11.5 Å². The van der Waals surface area contributed by atoms with Crippen LogP contribution in [0.15, 0.2) is 65.6 Å². The van der Waals surface area contributed by atoms with Gasteiger partial charge in [0, 0.05) is 42.6 Å². The molecular weight excluding hydrogens is 470 g/mol. The van der Waals surface area contributed by atoms with Gasteiger partial charge in [0.15, 0.2) is 5.82 Å². The first kappa shape index (κ1) is 23.5. The molecule has 1 unspecified atom stereocenters. The summed E-state index contributed by atoms with van der Waals surface area (Å²) >= 11 is 3.24. The van der Waals surface area contributed by atoms with E-state index in [1.54, 1.807) is 6.07 Å². The summed E-state index contributed by atoms with van der Waals surface area (Å²) in [5.74, 6) is -0.181. The molecule has 1 amide bonds. The SMILES string of the molecule is C=C(Nc1n[nH]c(C(N)=O)c1Br)c1ccccc1N.NC1CCN(Cc2ccccc2)C1. The van der Waals surface area contributed by atoms with Crippen LogP contribution in [-0.4, -0.2) is 40.1 Å². The van der Waals surface area contributed by atoms with Gasteiger partial charge in [-0.25, -0.2) is 0 Å². The summed E-state index contributed by atoms with van der Waals surface area (Å²) in [6, 6.07) is 18.3. The lowest BCUT2D eigenvalue weighted by Crippen LogP contribution is -2.26. The molecule has 1 fully saturated rings. The topological polar surface area (TPSA) is 139 Å². The van der Waals surface area contributed by atoms with Gasteiger partial charge in [-0.3, -0.25) is 14.8 Å². The highest BCUT2D eigenvalue weighted by Crippen LogP contribution is 2.27. The Kier molecular flexibility index (Phi) is 8.04. The summed E-state index contributed by atoms with van der Waals surface area (Å²) in [6.45, 7) is 7.14. The van der Waals surface area contributed by atoms with E-state index < -0.39 is 5.91 Å². The van der Waals surface area contributed by atoms with Crippen LogP contribution in [0.25, 0.3) is 5.70 Å². The molecule has 0 spiro atoms. The Morgan fingerprint density at radius 3 is 2.50 bits per heavy atom. The predicted molar refractivity (Wildman–Crippen MR) is 133 cm³/mol. The molecule has 9 heteroatoms. The zero-order chi connectivity index (χ0) is 23.1. The molecule has 2 heterocycles. The van der Waals surface area contributed by atoms with E-state index in [4.69, 9.17) is 17.2 Å². The first-order valence-corrected chi connectivity index (χ1v) is 11.0. The average Bonchev–Trinajstić information content (AvgIpc) is 3.35. The van der Waals surface area contributed by atoms with E-state index in [0.717, 1.165) is 31.6 Å². The molecule has 8 nitrogen and oxygen atoms in total. The number of hydrogen-bond acceptors (Lipinski definition) is 6. The number of likely N-dealkylation sites (tertiary alicyclic amines) is 1. The fraction of sp³-hybridized carbons (Fsp3) is 0.217. The second kappa shape index (κ2) is 10.9. The minimum absolute atomic E-state index is 0.191. The lowest BCUT2D eigenvalue weighted by atomic mass is 10.1. The number of benzene rings is 2. The summed E-state index contributed by atoms with van der Waals surface area (Å²) in [6.07, 6.45) is 1.15. The van der Waals surface area contributed by atoms with Gasteiger partial charge in [0.2, 0.25) is 0 Å². The van der Waals surface area contributed by atoms with Crippen LogP contribution in [0.3, 0.4) is 0 Å². The number of nitrogens with zero attached hydrogens (tertiary/aromatic N) is 2. The molecule has 2 aromatic carbocycles. The molecule has 1 aliphatic heterocycles. The van der Waals surface area contributed by atoms with Crippen molar-refractivity contribution in [1.29, 1.82) is 0 Å². The molecule has 3 aromatic rings. The highest BCUT2D eigenvalue weighted by molar-refractivity contribution is 9.10. The number of halogens is 1. The van der Waals surface area contributed by atoms with Crippen molar-refractivity contribution in [3.8, 4) is 0 Å². The van der Waals surface area contributed by atoms with Crippen molar-refractivity contribution in [3.05, 3.63) is 82.5 Å². The molecule has 0 bridgehead atoms. The summed E-state index contributed by atoms with van der Waals surface area (Å²) in [5, 5.41) is 9.46. The van der Waals surface area contributed by atoms with E-state index in [1.165, 1.54) is 5.56 Å². The van der Waals surface area contributed by atoms with Crippen molar-refractivity contribution in [2.24, 2.45) is 11.5 Å². The Morgan fingerprint density at radius 2 is 1.91 bits per heavy atom. The van der Waals surface area contributed by atoms with E-state index in [9.17, 15) is 4.79 Å². The Morgan fingerprint density at radius 1 is 1.22 bits per heavy atom. The third kappa shape index (κ3) is 6.19. The number of anilines is 2. The minimum Gasteiger partial charge on any atom is -0.398 e. The van der Waals surface area contributed by atoms with Crippen molar-refractivity contribution >= 4 is 39.0 Å². The number of primary amides is 1. The van der Waals surface area contributed by atoms with Crippen molar-refractivity contribution in [2.45, 2.75) is 19.0 Å². The van der Waals surface area contributed by atoms with Gasteiger partial charge >= 0.3 is 0 Å². The van der Waals surface area contributed by atoms with Gasteiger partial charge in [-0.15, -0.1) is 0 Å². The number of carbonyl (C=O) groups excluding carboxylic acids is 1. The molecule has 4 rings (SSSR count). The van der Waals surface area contributed by atoms with E-state index >= 15 is 0 Å². The third-order valence-corrected chi connectivity index (χ3v) is 5.84. The fourth-order valence-corrected chi connectivity index (χ4v) is 3.88. The van der Waals surface area contributed by atoms with Crippen molar-refractivity contribution < 1.29 is 4.79 Å². The number of nitrogen functional groups attached to an aromatic ring is 1. The number of nitrogens with one attached hydrogen (secondary N) is 2. The van der Waals surface area contributed by atoms with Crippen LogP contribution in [0, 0.1) is 0 Å². The van der Waals surface area contributed by atoms with Crippen LogP contribution in [0.1, 0.15) is 28.0 Å². The Balaban J connectivity index is 0.000000193. The Hall–Kier alpha value is -3.14. The van der Waals surface area contributed by atoms with E-state index in [1.807, 2.05) is 18.2 Å². The Bertz CT molecular complexity index is 1070. The Labute approximate surface area is 196 Å². The number of hydrogen-bond donors (Lipinski definition) is 5. The molecule has 0 aliphatic carbocycles. The second-order valence-electron chi connectivity index (χ2n) is 7.59. The second-order valence-corrected chi connectivity index (χ2v) is 8.38. The summed E-state index contributed by atoms with van der Waals surface area (Å²) in [5.41, 5.74) is 20.4. The maximum absolute atomic E-state index is 11.1. The van der Waals surface area contributed by atoms with Crippen LogP contribution < -0.4 is 22.5 Å². The highest BCUT2D eigenvalue weighted by Gasteiger charge is 2.18. The van der Waals surface area contributed by atoms with Crippen molar-refractivity contribution in [2.75, 3.05) is 24.1 Å². The molecule has 8 N–H and O–H groups in total. The van der Waals surface area contributed by atoms with Crippen LogP contribution in [-0.2, 0) is 6.54 Å². The quantitative estimate of drug-likeness (QED) is 0.331. The molecule has 1 saturated heterocycles. The largest absolute Gasteiger partial charge is 0.398 e. The number of amides is 1. The van der Waals surface area contributed by atoms with Gasteiger partial charge in [0.1, 0.15) is 5.69 Å². The summed E-state index contributed by atoms with van der Waals surface area (Å²) in [7, 11) is 0. The average molecular weight is 498 g/mol. The number of rotatable bonds is 6. The van der Waals surface area contributed by atoms with Crippen LogP contribution in [0.5, 0.6) is 0 Å². The summed E-state index contributed by atoms with van der Waals surface area (Å²) < 4.78 is 0.454. The molecule has 1 aromatic heterocycles. The fourth-order valence-electron chi connectivity index (χ4n) is 3.40. The lowest BCUT2D eigenvalue weighted by molar-refractivity contribution is 0.0995. The van der Waals surface area contributed by atoms with Crippen LogP contribution >= 0.6 is 15.9 Å². The van der Waals surface area contributed by atoms with E-state index in [2.05, 4.69) is 73.3 Å². The smallest absolute Gasteiger partial charge is 0.267 e. The van der Waals surface area contributed by atoms with Crippen molar-refractivity contribution in [3.63, 3.8) is 0 Å². The molecule has 0 radical (unpaired) electrons. The zero-order valence-corrected chi connectivity index (χ0v) is 19.3. The number of para-hydroxylation sites is 1. The first-order chi connectivity index (χ1) is 15.3. The maximum Gasteiger partial charge on any atom is 0.267 e. The molecule has 1 atom stereocenters. The van der Waals surface area contributed by atoms with Gasteiger partial charge in [0.05, 0.1) is 4.47 Å². The molecule has 0 saturated carbocycles. The monoisotopic (exact) mass is 497 g/mol. The summed E-state index contributed by atoms with van der Waals surface area (Å²) in [4.78, 5) is 13.5. The van der Waals surface area contributed by atoms with Gasteiger partial charge in [-0.05, 0) is 34.0 Å². The highest BCUT2D eigenvalue weighted by atomic mass is 79.9. The number of aromatic nitrogens is 2. The molecule has 168 valence electrons. The number of carbonyl (C=O) groups is 1. The minimum atomic E-state index is -0.600. The lowest BCUT2D eigenvalue weighted by Gasteiger charge is -2.14. The predicted octanol–water partition coefficient (Wildman–Crippen LogP) is 3.16. The first-order valence-electron chi connectivity index (χ1n) is 10.2. The standard InChI is InChI=1S/C12H12BrN5O.C11H16N2/c1-6(7-4-2-3-5-8(7)14)16-12-9(13)10(11(15)19)17-18-12;12-11-6-7-13(9-11)8-10-4-2-1-3-5-10/h2-5H,1,14H2,(H2,15,19)(H2,16,17,18);1-5,11H,6-9,12H2. The van der Waals surface area contributed by atoms with Gasteiger partial charge in [-0.1, -0.05) is 55.1 Å². The zero-order valence-electron chi connectivity index (χ0n) is 17.7. The van der Waals surface area contributed by atoms with Gasteiger partial charge in [0.25, 0.3) is 5.91 Å². The van der Waals surface area contributed by atoms with E-state index in [-0.39, 0.29) is 5.69 Å². The molecular formula is C23H28BrN7O. The number of H-pyrrole nitrogens is 1. The number of aromatic amines is 1. The normalized spacial score (nSPS) is 15.6. The maximum atomic E-state index is 11.1. The van der Waals surface area contributed by atoms with E-state index in [0.29, 0.717) is 27.7 Å². The van der Waals surface area contributed by atoms with Crippen molar-refractivity contribution in [1.82, 2.24) is 15.1 Å². The molecule has 1 aliphatic rings. The van der Waals surface area contributed by atoms with Gasteiger partial charge < -0.3 is 22.5 Å². The molecule has 32 heavy (non-hydrogen) atoms. The third-order valence-electron chi connectivity index (χ3n) is 5.07. The van der Waals surface area contributed by atoms with Gasteiger partial charge in [-0.2, -0.15) is 5.10 Å².